The monoisotopic (exact) mass is 236 g/mol. The fourth-order valence-electron chi connectivity index (χ4n) is 1.75. The number of esters is 1. The summed E-state index contributed by atoms with van der Waals surface area (Å²) in [6.45, 7) is 4.22. The number of ether oxygens (including phenoxy) is 1. The van der Waals surface area contributed by atoms with Crippen LogP contribution in [0.2, 0.25) is 0 Å². The van der Waals surface area contributed by atoms with E-state index >= 15 is 0 Å². The Morgan fingerprint density at radius 1 is 1.53 bits per heavy atom. The van der Waals surface area contributed by atoms with E-state index in [4.69, 9.17) is 5.73 Å². The van der Waals surface area contributed by atoms with Gasteiger partial charge >= 0.3 is 5.97 Å². The lowest BCUT2D eigenvalue weighted by Gasteiger charge is -2.17. The number of carbonyl (C=O) groups is 1. The predicted molar refractivity (Wildman–Crippen MR) is 70.2 cm³/mol. The molecule has 1 aromatic carbocycles. The maximum absolute atomic E-state index is 11.5. The summed E-state index contributed by atoms with van der Waals surface area (Å²) in [4.78, 5) is 11.5. The standard InChI is InChI=1S/C13H20N2O2/c1-4-6-9(2)15-11-8-5-7-10(12(11)14)13(16)17-3/h5,7-9,15H,4,6,14H2,1-3H3. The summed E-state index contributed by atoms with van der Waals surface area (Å²) >= 11 is 0. The average Bonchev–Trinajstić information content (AvgIpc) is 2.31. The lowest BCUT2D eigenvalue weighted by molar-refractivity contribution is 0.0602. The number of para-hydroxylation sites is 1. The predicted octanol–water partition coefficient (Wildman–Crippen LogP) is 2.66. The Morgan fingerprint density at radius 3 is 2.82 bits per heavy atom. The zero-order chi connectivity index (χ0) is 12.8. The van der Waals surface area contributed by atoms with Gasteiger partial charge in [-0.2, -0.15) is 0 Å². The van der Waals surface area contributed by atoms with Gasteiger partial charge in [-0.15, -0.1) is 0 Å². The summed E-state index contributed by atoms with van der Waals surface area (Å²) in [5.74, 6) is -0.408. The van der Waals surface area contributed by atoms with Crippen molar-refractivity contribution in [3.05, 3.63) is 23.8 Å². The highest BCUT2D eigenvalue weighted by molar-refractivity contribution is 5.98. The van der Waals surface area contributed by atoms with E-state index in [0.29, 0.717) is 17.3 Å². The van der Waals surface area contributed by atoms with Crippen molar-refractivity contribution in [2.24, 2.45) is 0 Å². The van der Waals surface area contributed by atoms with E-state index in [-0.39, 0.29) is 0 Å². The molecule has 0 bridgehead atoms. The molecule has 4 nitrogen and oxygen atoms in total. The fraction of sp³-hybridized carbons (Fsp3) is 0.462. The fourth-order valence-corrected chi connectivity index (χ4v) is 1.75. The highest BCUT2D eigenvalue weighted by atomic mass is 16.5. The van der Waals surface area contributed by atoms with Gasteiger partial charge in [-0.3, -0.25) is 0 Å². The molecule has 0 aliphatic rings. The molecule has 0 saturated heterocycles. The third-order valence-corrected chi connectivity index (χ3v) is 2.64. The molecule has 1 atom stereocenters. The minimum absolute atomic E-state index is 0.329. The lowest BCUT2D eigenvalue weighted by atomic mass is 10.1. The van der Waals surface area contributed by atoms with Crippen LogP contribution in [0, 0.1) is 0 Å². The van der Waals surface area contributed by atoms with Crippen LogP contribution in [0.3, 0.4) is 0 Å². The topological polar surface area (TPSA) is 64.3 Å². The van der Waals surface area contributed by atoms with Crippen molar-refractivity contribution in [2.45, 2.75) is 32.7 Å². The van der Waals surface area contributed by atoms with Crippen LogP contribution >= 0.6 is 0 Å². The molecule has 0 spiro atoms. The number of hydrogen-bond acceptors (Lipinski definition) is 4. The first-order chi connectivity index (χ1) is 8.10. The second-order valence-corrected chi connectivity index (χ2v) is 4.09. The highest BCUT2D eigenvalue weighted by Gasteiger charge is 2.13. The molecule has 1 unspecified atom stereocenters. The number of anilines is 2. The number of nitrogens with two attached hydrogens (primary N) is 1. The van der Waals surface area contributed by atoms with E-state index < -0.39 is 5.97 Å². The van der Waals surface area contributed by atoms with Gasteiger partial charge in [0.15, 0.2) is 0 Å². The first kappa shape index (κ1) is 13.4. The molecule has 0 amide bonds. The number of nitrogens with one attached hydrogen (secondary N) is 1. The molecular formula is C13H20N2O2. The molecule has 1 aromatic rings. The second-order valence-electron chi connectivity index (χ2n) is 4.09. The first-order valence-electron chi connectivity index (χ1n) is 5.83. The van der Waals surface area contributed by atoms with Crippen LogP contribution in [-0.2, 0) is 4.74 Å². The third-order valence-electron chi connectivity index (χ3n) is 2.64. The number of rotatable bonds is 5. The smallest absolute Gasteiger partial charge is 0.340 e. The summed E-state index contributed by atoms with van der Waals surface area (Å²) < 4.78 is 4.68. The van der Waals surface area contributed by atoms with Crippen molar-refractivity contribution in [2.75, 3.05) is 18.2 Å². The van der Waals surface area contributed by atoms with Crippen molar-refractivity contribution < 1.29 is 9.53 Å². The molecule has 0 aromatic heterocycles. The molecule has 0 saturated carbocycles. The number of benzene rings is 1. The van der Waals surface area contributed by atoms with Gasteiger partial charge in [0.1, 0.15) is 0 Å². The van der Waals surface area contributed by atoms with Crippen LogP contribution in [0.4, 0.5) is 11.4 Å². The highest BCUT2D eigenvalue weighted by Crippen LogP contribution is 2.24. The van der Waals surface area contributed by atoms with E-state index in [1.807, 2.05) is 6.07 Å². The average molecular weight is 236 g/mol. The van der Waals surface area contributed by atoms with Gasteiger partial charge in [0.25, 0.3) is 0 Å². The van der Waals surface area contributed by atoms with Crippen LogP contribution in [-0.4, -0.2) is 19.1 Å². The molecule has 0 radical (unpaired) electrons. The molecule has 17 heavy (non-hydrogen) atoms. The van der Waals surface area contributed by atoms with Gasteiger partial charge in [0.05, 0.1) is 24.0 Å². The van der Waals surface area contributed by atoms with Gasteiger partial charge in [-0.25, -0.2) is 4.79 Å². The SMILES string of the molecule is CCCC(C)Nc1cccc(C(=O)OC)c1N. The number of nitrogen functional groups attached to an aromatic ring is 1. The van der Waals surface area contributed by atoms with Crippen LogP contribution in [0.5, 0.6) is 0 Å². The van der Waals surface area contributed by atoms with Crippen LogP contribution in [0.15, 0.2) is 18.2 Å². The summed E-state index contributed by atoms with van der Waals surface area (Å²) in [6, 6.07) is 5.66. The van der Waals surface area contributed by atoms with Crippen molar-refractivity contribution in [1.29, 1.82) is 0 Å². The molecule has 1 rings (SSSR count). The summed E-state index contributed by atoms with van der Waals surface area (Å²) in [6.07, 6.45) is 2.16. The molecule has 94 valence electrons. The molecule has 0 heterocycles. The van der Waals surface area contributed by atoms with Gasteiger partial charge in [-0.1, -0.05) is 19.4 Å². The summed E-state index contributed by atoms with van der Waals surface area (Å²) in [5, 5.41) is 3.30. The van der Waals surface area contributed by atoms with E-state index in [1.165, 1.54) is 7.11 Å². The largest absolute Gasteiger partial charge is 0.465 e. The molecule has 3 N–H and O–H groups in total. The van der Waals surface area contributed by atoms with Gasteiger partial charge in [-0.05, 0) is 25.5 Å². The number of methoxy groups -OCH3 is 1. The summed E-state index contributed by atoms with van der Waals surface area (Å²) in [7, 11) is 1.35. The Balaban J connectivity index is 2.90. The van der Waals surface area contributed by atoms with Crippen LogP contribution < -0.4 is 11.1 Å². The Bertz CT molecular complexity index is 391. The van der Waals surface area contributed by atoms with Gasteiger partial charge in [0, 0.05) is 6.04 Å². The van der Waals surface area contributed by atoms with Gasteiger partial charge in [0.2, 0.25) is 0 Å². The number of carbonyl (C=O) groups excluding carboxylic acids is 1. The first-order valence-corrected chi connectivity index (χ1v) is 5.83. The Hall–Kier alpha value is -1.71. The quantitative estimate of drug-likeness (QED) is 0.609. The summed E-state index contributed by atoms with van der Waals surface area (Å²) in [5.41, 5.74) is 7.58. The van der Waals surface area contributed by atoms with Crippen molar-refractivity contribution >= 4 is 17.3 Å². The minimum atomic E-state index is -0.408. The van der Waals surface area contributed by atoms with Crippen molar-refractivity contribution in [3.8, 4) is 0 Å². The zero-order valence-corrected chi connectivity index (χ0v) is 10.6. The van der Waals surface area contributed by atoms with Crippen LogP contribution in [0.1, 0.15) is 37.0 Å². The maximum atomic E-state index is 11.5. The Morgan fingerprint density at radius 2 is 2.24 bits per heavy atom. The molecule has 0 aliphatic heterocycles. The van der Waals surface area contributed by atoms with Crippen LogP contribution in [0.25, 0.3) is 0 Å². The molecule has 4 heteroatoms. The maximum Gasteiger partial charge on any atom is 0.340 e. The Kier molecular flexibility index (Phi) is 4.82. The Labute approximate surface area is 102 Å². The molecule has 0 aliphatic carbocycles. The second kappa shape index (κ2) is 6.13. The molecular weight excluding hydrogens is 216 g/mol. The third kappa shape index (κ3) is 3.37. The lowest BCUT2D eigenvalue weighted by Crippen LogP contribution is -2.17. The molecule has 0 fully saturated rings. The number of hydrogen-bond donors (Lipinski definition) is 2. The minimum Gasteiger partial charge on any atom is -0.465 e. The van der Waals surface area contributed by atoms with E-state index in [0.717, 1.165) is 18.5 Å². The van der Waals surface area contributed by atoms with E-state index in [1.54, 1.807) is 12.1 Å². The normalized spacial score (nSPS) is 11.9. The van der Waals surface area contributed by atoms with Gasteiger partial charge < -0.3 is 15.8 Å². The van der Waals surface area contributed by atoms with E-state index in [2.05, 4.69) is 23.9 Å². The zero-order valence-electron chi connectivity index (χ0n) is 10.6. The van der Waals surface area contributed by atoms with Crippen molar-refractivity contribution in [1.82, 2.24) is 0 Å². The van der Waals surface area contributed by atoms with Crippen molar-refractivity contribution in [3.63, 3.8) is 0 Å². The van der Waals surface area contributed by atoms with E-state index in [9.17, 15) is 4.79 Å².